The van der Waals surface area contributed by atoms with Gasteiger partial charge < -0.3 is 15.5 Å². The fourth-order valence-corrected chi connectivity index (χ4v) is 3.06. The van der Waals surface area contributed by atoms with Crippen molar-refractivity contribution in [3.63, 3.8) is 0 Å². The van der Waals surface area contributed by atoms with Crippen molar-refractivity contribution < 1.29 is 13.2 Å². The number of benzene rings is 1. The van der Waals surface area contributed by atoms with E-state index < -0.39 is 11.7 Å². The first-order valence-electron chi connectivity index (χ1n) is 9.81. The molecule has 0 radical (unpaired) electrons. The molecule has 31 heavy (non-hydrogen) atoms. The number of anilines is 1. The second kappa shape index (κ2) is 9.63. The van der Waals surface area contributed by atoms with Gasteiger partial charge in [0.25, 0.3) is 0 Å². The Morgan fingerprint density at radius 3 is 2.61 bits per heavy atom. The molecule has 0 bridgehead atoms. The van der Waals surface area contributed by atoms with Crippen LogP contribution in [0.4, 0.5) is 19.0 Å². The van der Waals surface area contributed by atoms with Gasteiger partial charge in [0.2, 0.25) is 0 Å². The Morgan fingerprint density at radius 1 is 1.19 bits per heavy atom. The molecule has 0 saturated carbocycles. The molecule has 0 unspecified atom stereocenters. The fourth-order valence-electron chi connectivity index (χ4n) is 3.06. The number of fused-ring (bicyclic) bond motifs is 1. The highest BCUT2D eigenvalue weighted by Gasteiger charge is 2.29. The third-order valence-electron chi connectivity index (χ3n) is 4.59. The van der Waals surface area contributed by atoms with Crippen LogP contribution in [0.2, 0.25) is 0 Å². The van der Waals surface area contributed by atoms with E-state index in [0.717, 1.165) is 28.7 Å². The van der Waals surface area contributed by atoms with Crippen LogP contribution in [-0.2, 0) is 19.8 Å². The lowest BCUT2D eigenvalue weighted by Gasteiger charge is -2.22. The number of hydrogen-bond acceptors (Lipinski definition) is 5. The average Bonchev–Trinajstić information content (AvgIpc) is 3.11. The van der Waals surface area contributed by atoms with Crippen molar-refractivity contribution in [2.45, 2.75) is 19.6 Å². The van der Waals surface area contributed by atoms with Crippen LogP contribution in [0.25, 0.3) is 11.0 Å². The molecule has 0 aliphatic heterocycles. The summed E-state index contributed by atoms with van der Waals surface area (Å²) in [6, 6.07) is 5.16. The molecule has 2 aromatic heterocycles. The van der Waals surface area contributed by atoms with Gasteiger partial charge in [-0.2, -0.15) is 18.3 Å². The van der Waals surface area contributed by atoms with Gasteiger partial charge >= 0.3 is 6.18 Å². The topological polar surface area (TPSA) is 83.3 Å². The molecule has 11 heteroatoms. The van der Waals surface area contributed by atoms with Crippen LogP contribution < -0.4 is 10.6 Å². The molecule has 0 spiro atoms. The van der Waals surface area contributed by atoms with E-state index in [1.807, 2.05) is 25.9 Å². The Kier molecular flexibility index (Phi) is 6.93. The van der Waals surface area contributed by atoms with Gasteiger partial charge in [-0.05, 0) is 24.6 Å². The zero-order valence-electron chi connectivity index (χ0n) is 17.6. The Hall–Kier alpha value is -3.37. The maximum atomic E-state index is 12.7. The lowest BCUT2D eigenvalue weighted by molar-refractivity contribution is -0.137. The highest BCUT2D eigenvalue weighted by molar-refractivity contribution is 5.86. The fraction of sp³-hybridized carbons (Fsp3) is 0.400. The molecular formula is C20H25F3N8. The normalized spacial score (nSPS) is 12.3. The number of halogens is 3. The van der Waals surface area contributed by atoms with Gasteiger partial charge in [-0.3, -0.25) is 9.67 Å². The van der Waals surface area contributed by atoms with Crippen molar-refractivity contribution in [3.05, 3.63) is 47.9 Å². The third-order valence-corrected chi connectivity index (χ3v) is 4.59. The molecule has 166 valence electrons. The van der Waals surface area contributed by atoms with E-state index in [0.29, 0.717) is 38.0 Å². The maximum absolute atomic E-state index is 12.7. The molecule has 1 aromatic carbocycles. The van der Waals surface area contributed by atoms with E-state index in [-0.39, 0.29) is 0 Å². The van der Waals surface area contributed by atoms with Crippen LogP contribution in [0, 0.1) is 0 Å². The quantitative estimate of drug-likeness (QED) is 0.338. The van der Waals surface area contributed by atoms with Crippen LogP contribution in [0.15, 0.2) is 41.8 Å². The van der Waals surface area contributed by atoms with Crippen molar-refractivity contribution in [2.75, 3.05) is 32.0 Å². The van der Waals surface area contributed by atoms with Crippen molar-refractivity contribution in [2.24, 2.45) is 12.0 Å². The van der Waals surface area contributed by atoms with Crippen LogP contribution in [0.3, 0.4) is 0 Å². The highest BCUT2D eigenvalue weighted by Crippen LogP contribution is 2.29. The molecule has 0 fully saturated rings. The molecule has 3 rings (SSSR count). The molecule has 0 atom stereocenters. The van der Waals surface area contributed by atoms with Gasteiger partial charge in [0.15, 0.2) is 11.6 Å². The van der Waals surface area contributed by atoms with Gasteiger partial charge in [-0.15, -0.1) is 0 Å². The summed E-state index contributed by atoms with van der Waals surface area (Å²) >= 11 is 0. The molecular weight excluding hydrogens is 409 g/mol. The molecule has 0 amide bonds. The number of aromatic nitrogens is 4. The largest absolute Gasteiger partial charge is 0.416 e. The number of hydrogen-bond donors (Lipinski definition) is 2. The summed E-state index contributed by atoms with van der Waals surface area (Å²) in [6.07, 6.45) is -1.14. The van der Waals surface area contributed by atoms with Gasteiger partial charge in [0.05, 0.1) is 23.7 Å². The van der Waals surface area contributed by atoms with Gasteiger partial charge in [-0.25, -0.2) is 9.97 Å². The minimum atomic E-state index is -4.33. The Morgan fingerprint density at radius 2 is 1.94 bits per heavy atom. The first-order chi connectivity index (χ1) is 14.8. The maximum Gasteiger partial charge on any atom is 0.416 e. The third kappa shape index (κ3) is 5.62. The highest BCUT2D eigenvalue weighted by atomic mass is 19.4. The predicted octanol–water partition coefficient (Wildman–Crippen LogP) is 2.89. The summed E-state index contributed by atoms with van der Waals surface area (Å²) in [5.41, 5.74) is 0.850. The zero-order valence-corrected chi connectivity index (χ0v) is 17.6. The predicted molar refractivity (Wildman–Crippen MR) is 114 cm³/mol. The number of rotatable bonds is 7. The number of alkyl halides is 3. The Labute approximate surface area is 178 Å². The van der Waals surface area contributed by atoms with E-state index in [9.17, 15) is 13.2 Å². The zero-order chi connectivity index (χ0) is 22.4. The number of nitrogens with zero attached hydrogens (tertiary/aromatic N) is 6. The van der Waals surface area contributed by atoms with Crippen molar-refractivity contribution in [3.8, 4) is 0 Å². The molecule has 2 heterocycles. The monoisotopic (exact) mass is 434 g/mol. The van der Waals surface area contributed by atoms with Crippen molar-refractivity contribution >= 4 is 22.8 Å². The average molecular weight is 434 g/mol. The SMILES string of the molecule is CCNC(=NCCNc1ncnc2c1cnn2C)N(C)Cc1ccc(C(F)(F)F)cc1. The smallest absolute Gasteiger partial charge is 0.367 e. The lowest BCUT2D eigenvalue weighted by atomic mass is 10.1. The summed E-state index contributed by atoms with van der Waals surface area (Å²) in [5, 5.41) is 11.5. The van der Waals surface area contributed by atoms with Gasteiger partial charge in [0.1, 0.15) is 12.1 Å². The van der Waals surface area contributed by atoms with Crippen LogP contribution in [0.5, 0.6) is 0 Å². The van der Waals surface area contributed by atoms with E-state index >= 15 is 0 Å². The Bertz CT molecular complexity index is 1030. The minimum Gasteiger partial charge on any atom is -0.367 e. The lowest BCUT2D eigenvalue weighted by Crippen LogP contribution is -2.38. The van der Waals surface area contributed by atoms with E-state index in [1.54, 1.807) is 10.9 Å². The summed E-state index contributed by atoms with van der Waals surface area (Å²) in [4.78, 5) is 14.9. The Balaban J connectivity index is 1.60. The molecule has 0 aliphatic rings. The standard InChI is InChI=1S/C20H25F3N8/c1-4-24-19(30(2)12-14-5-7-15(8-6-14)20(21,22)23)26-10-9-25-17-16-11-29-31(3)18(16)28-13-27-17/h5-8,11,13H,4,9-10,12H2,1-3H3,(H,24,26)(H,25,27,28). The first kappa shape index (κ1) is 22.3. The van der Waals surface area contributed by atoms with E-state index in [1.165, 1.54) is 18.5 Å². The van der Waals surface area contributed by atoms with Crippen LogP contribution in [-0.4, -0.2) is 57.3 Å². The number of nitrogens with one attached hydrogen (secondary N) is 2. The van der Waals surface area contributed by atoms with Crippen molar-refractivity contribution in [1.29, 1.82) is 0 Å². The van der Waals surface area contributed by atoms with E-state index in [2.05, 4.69) is 30.7 Å². The van der Waals surface area contributed by atoms with Crippen LogP contribution in [0.1, 0.15) is 18.1 Å². The van der Waals surface area contributed by atoms with Crippen LogP contribution >= 0.6 is 0 Å². The number of guanidine groups is 1. The van der Waals surface area contributed by atoms with E-state index in [4.69, 9.17) is 0 Å². The summed E-state index contributed by atoms with van der Waals surface area (Å²) in [7, 11) is 3.66. The summed E-state index contributed by atoms with van der Waals surface area (Å²) in [5.74, 6) is 1.36. The molecule has 3 aromatic rings. The van der Waals surface area contributed by atoms with Gasteiger partial charge in [0, 0.05) is 33.7 Å². The molecule has 0 saturated heterocycles. The molecule has 8 nitrogen and oxygen atoms in total. The molecule has 0 aliphatic carbocycles. The minimum absolute atomic E-state index is 0.430. The first-order valence-corrected chi connectivity index (χ1v) is 9.81. The number of aryl methyl sites for hydroxylation is 1. The summed E-state index contributed by atoms with van der Waals surface area (Å²) in [6.45, 7) is 4.08. The second-order valence-electron chi connectivity index (χ2n) is 6.94. The summed E-state index contributed by atoms with van der Waals surface area (Å²) < 4.78 is 39.9. The number of aliphatic imine (C=N–C) groups is 1. The van der Waals surface area contributed by atoms with Gasteiger partial charge in [-0.1, -0.05) is 12.1 Å². The second-order valence-corrected chi connectivity index (χ2v) is 6.94. The molecule has 2 N–H and O–H groups in total. The van der Waals surface area contributed by atoms with Crippen molar-refractivity contribution in [1.82, 2.24) is 30.0 Å².